The molecule has 0 bridgehead atoms. The van der Waals surface area contributed by atoms with Crippen LogP contribution in [0.2, 0.25) is 0 Å². The van der Waals surface area contributed by atoms with Crippen molar-refractivity contribution < 1.29 is 9.66 Å². The maximum absolute atomic E-state index is 11.3. The van der Waals surface area contributed by atoms with Crippen LogP contribution in [0.4, 0.5) is 5.69 Å². The summed E-state index contributed by atoms with van der Waals surface area (Å²) in [4.78, 5) is 15.4. The fourth-order valence-corrected chi connectivity index (χ4v) is 3.75. The van der Waals surface area contributed by atoms with Crippen LogP contribution in [0.15, 0.2) is 73.3 Å². The standard InChI is InChI=1S/C23H20N6O3/c1-16-3-6-19(29(30)31)11-21(16)27-10-9-23-24-13-22(28(23)27)18-12-25-26(15-18)14-17-4-7-20(32-2)8-5-17/h3-13,15H,14H2,1-2H3. The maximum Gasteiger partial charge on any atom is 0.271 e. The molecule has 0 saturated heterocycles. The second-order valence-corrected chi connectivity index (χ2v) is 7.48. The van der Waals surface area contributed by atoms with Gasteiger partial charge in [-0.25, -0.2) is 9.50 Å². The van der Waals surface area contributed by atoms with Gasteiger partial charge in [0.1, 0.15) is 5.75 Å². The zero-order chi connectivity index (χ0) is 22.2. The van der Waals surface area contributed by atoms with Crippen molar-refractivity contribution in [2.75, 3.05) is 7.11 Å². The molecule has 160 valence electrons. The summed E-state index contributed by atoms with van der Waals surface area (Å²) in [5.41, 5.74) is 5.28. The van der Waals surface area contributed by atoms with Crippen molar-refractivity contribution in [2.45, 2.75) is 13.5 Å². The van der Waals surface area contributed by atoms with Crippen molar-refractivity contribution in [3.8, 4) is 22.7 Å². The van der Waals surface area contributed by atoms with Crippen molar-refractivity contribution in [1.82, 2.24) is 24.0 Å². The van der Waals surface area contributed by atoms with E-state index in [1.807, 2.05) is 63.5 Å². The average molecular weight is 428 g/mol. The summed E-state index contributed by atoms with van der Waals surface area (Å²) in [5, 5.41) is 15.8. The third-order valence-corrected chi connectivity index (χ3v) is 5.43. The molecule has 0 saturated carbocycles. The van der Waals surface area contributed by atoms with E-state index in [1.54, 1.807) is 31.6 Å². The Kier molecular flexibility index (Phi) is 4.70. The van der Waals surface area contributed by atoms with Crippen LogP contribution >= 0.6 is 0 Å². The van der Waals surface area contributed by atoms with E-state index >= 15 is 0 Å². The van der Waals surface area contributed by atoms with Crippen LogP contribution in [-0.2, 0) is 6.54 Å². The van der Waals surface area contributed by atoms with E-state index in [0.717, 1.165) is 39.5 Å². The third-order valence-electron chi connectivity index (χ3n) is 5.43. The second kappa shape index (κ2) is 7.69. The van der Waals surface area contributed by atoms with Crippen LogP contribution in [0.5, 0.6) is 5.75 Å². The first kappa shape index (κ1) is 19.6. The zero-order valence-electron chi connectivity index (χ0n) is 17.5. The lowest BCUT2D eigenvalue weighted by atomic mass is 10.2. The predicted octanol–water partition coefficient (Wildman–Crippen LogP) is 4.26. The van der Waals surface area contributed by atoms with Gasteiger partial charge >= 0.3 is 0 Å². The number of rotatable bonds is 6. The molecular formula is C23H20N6O3. The number of methoxy groups -OCH3 is 1. The van der Waals surface area contributed by atoms with Crippen molar-refractivity contribution in [3.63, 3.8) is 0 Å². The van der Waals surface area contributed by atoms with Crippen molar-refractivity contribution in [2.24, 2.45) is 0 Å². The number of aryl methyl sites for hydroxylation is 1. The highest BCUT2D eigenvalue weighted by Gasteiger charge is 2.16. The molecule has 2 aromatic carbocycles. The number of non-ortho nitro benzene ring substituents is 1. The van der Waals surface area contributed by atoms with Gasteiger partial charge in [0.05, 0.1) is 42.4 Å². The molecule has 9 nitrogen and oxygen atoms in total. The highest BCUT2D eigenvalue weighted by molar-refractivity contribution is 5.63. The van der Waals surface area contributed by atoms with E-state index in [9.17, 15) is 10.1 Å². The number of nitro groups is 1. The lowest BCUT2D eigenvalue weighted by molar-refractivity contribution is -0.384. The van der Waals surface area contributed by atoms with Gasteiger partial charge in [0.25, 0.3) is 5.69 Å². The molecule has 0 spiro atoms. The van der Waals surface area contributed by atoms with Gasteiger partial charge in [-0.15, -0.1) is 0 Å². The van der Waals surface area contributed by atoms with Gasteiger partial charge < -0.3 is 4.74 Å². The van der Waals surface area contributed by atoms with Crippen LogP contribution in [0.1, 0.15) is 11.1 Å². The lowest BCUT2D eigenvalue weighted by Crippen LogP contribution is -2.05. The molecule has 0 aliphatic carbocycles. The Morgan fingerprint density at radius 2 is 1.91 bits per heavy atom. The maximum atomic E-state index is 11.3. The Morgan fingerprint density at radius 1 is 1.09 bits per heavy atom. The molecule has 5 rings (SSSR count). The minimum Gasteiger partial charge on any atom is -0.497 e. The van der Waals surface area contributed by atoms with Gasteiger partial charge in [0.2, 0.25) is 0 Å². The molecule has 0 fully saturated rings. The summed E-state index contributed by atoms with van der Waals surface area (Å²) < 4.78 is 10.9. The zero-order valence-corrected chi connectivity index (χ0v) is 17.5. The topological polar surface area (TPSA) is 92.4 Å². The van der Waals surface area contributed by atoms with Crippen LogP contribution in [0.3, 0.4) is 0 Å². The average Bonchev–Trinajstić information content (AvgIpc) is 3.51. The molecule has 0 atom stereocenters. The van der Waals surface area contributed by atoms with Crippen LogP contribution < -0.4 is 4.74 Å². The molecule has 0 unspecified atom stereocenters. The first-order chi connectivity index (χ1) is 15.5. The molecule has 0 aliphatic rings. The van der Waals surface area contributed by atoms with E-state index in [4.69, 9.17) is 4.74 Å². The van der Waals surface area contributed by atoms with E-state index in [-0.39, 0.29) is 10.6 Å². The number of nitrogens with zero attached hydrogens (tertiary/aromatic N) is 6. The van der Waals surface area contributed by atoms with E-state index in [2.05, 4.69) is 10.1 Å². The Hall–Kier alpha value is -4.40. The molecule has 5 aromatic rings. The molecular weight excluding hydrogens is 408 g/mol. The van der Waals surface area contributed by atoms with Gasteiger partial charge in [-0.05, 0) is 30.2 Å². The normalized spacial score (nSPS) is 11.2. The lowest BCUT2D eigenvalue weighted by Gasteiger charge is -2.10. The summed E-state index contributed by atoms with van der Waals surface area (Å²) in [5.74, 6) is 0.814. The number of imidazole rings is 1. The fourth-order valence-electron chi connectivity index (χ4n) is 3.75. The smallest absolute Gasteiger partial charge is 0.271 e. The van der Waals surface area contributed by atoms with Gasteiger partial charge in [-0.1, -0.05) is 18.2 Å². The summed E-state index contributed by atoms with van der Waals surface area (Å²) in [6.45, 7) is 2.55. The van der Waals surface area contributed by atoms with Gasteiger partial charge in [0, 0.05) is 36.2 Å². The molecule has 32 heavy (non-hydrogen) atoms. The quantitative estimate of drug-likeness (QED) is 0.298. The molecule has 3 aromatic heterocycles. The second-order valence-electron chi connectivity index (χ2n) is 7.48. The Morgan fingerprint density at radius 3 is 2.66 bits per heavy atom. The monoisotopic (exact) mass is 428 g/mol. The molecule has 0 amide bonds. The van der Waals surface area contributed by atoms with Gasteiger partial charge in [0.15, 0.2) is 5.65 Å². The third kappa shape index (κ3) is 3.39. The van der Waals surface area contributed by atoms with E-state index < -0.39 is 0 Å². The highest BCUT2D eigenvalue weighted by atomic mass is 16.6. The Bertz CT molecular complexity index is 1430. The van der Waals surface area contributed by atoms with E-state index in [1.165, 1.54) is 6.07 Å². The summed E-state index contributed by atoms with van der Waals surface area (Å²) in [7, 11) is 1.64. The number of nitro benzene ring substituents is 1. The molecule has 9 heteroatoms. The molecule has 0 radical (unpaired) electrons. The largest absolute Gasteiger partial charge is 0.497 e. The van der Waals surface area contributed by atoms with Gasteiger partial charge in [-0.2, -0.15) is 5.10 Å². The van der Waals surface area contributed by atoms with E-state index in [0.29, 0.717) is 6.54 Å². The van der Waals surface area contributed by atoms with Crippen LogP contribution in [0.25, 0.3) is 22.6 Å². The van der Waals surface area contributed by atoms with Crippen molar-refractivity contribution in [3.05, 3.63) is 94.6 Å². The minimum atomic E-state index is -0.387. The SMILES string of the molecule is COc1ccc(Cn2cc(-c3cnc4ccn(-c5cc([N+](=O)[O-])ccc5C)n34)cn2)cc1. The van der Waals surface area contributed by atoms with Crippen molar-refractivity contribution >= 4 is 11.3 Å². The van der Waals surface area contributed by atoms with Gasteiger partial charge in [-0.3, -0.25) is 19.5 Å². The minimum absolute atomic E-state index is 0.0430. The predicted molar refractivity (Wildman–Crippen MR) is 119 cm³/mol. The summed E-state index contributed by atoms with van der Waals surface area (Å²) in [6, 6.07) is 14.6. The molecule has 0 N–H and O–H groups in total. The molecule has 0 aliphatic heterocycles. The fraction of sp³-hybridized carbons (Fsp3) is 0.130. The number of hydrogen-bond acceptors (Lipinski definition) is 5. The summed E-state index contributed by atoms with van der Waals surface area (Å²) >= 11 is 0. The number of hydrogen-bond donors (Lipinski definition) is 0. The molecule has 3 heterocycles. The van der Waals surface area contributed by atoms with Crippen LogP contribution in [0, 0.1) is 17.0 Å². The van der Waals surface area contributed by atoms with Crippen molar-refractivity contribution in [1.29, 1.82) is 0 Å². The summed E-state index contributed by atoms with van der Waals surface area (Å²) in [6.07, 6.45) is 7.41. The first-order valence-corrected chi connectivity index (χ1v) is 10.00. The number of fused-ring (bicyclic) bond motifs is 1. The first-order valence-electron chi connectivity index (χ1n) is 10.00. The Balaban J connectivity index is 1.52. The Labute approximate surface area is 183 Å². The number of aromatic nitrogens is 5. The number of ether oxygens (including phenoxy) is 1. The van der Waals surface area contributed by atoms with Crippen LogP contribution in [-0.4, -0.2) is 36.0 Å². The highest BCUT2D eigenvalue weighted by Crippen LogP contribution is 2.26. The number of benzene rings is 2.